The van der Waals surface area contributed by atoms with Crippen LogP contribution in [-0.2, 0) is 24.1 Å². The molecule has 2 aromatic heterocycles. The summed E-state index contributed by atoms with van der Waals surface area (Å²) in [5, 5.41) is 7.55. The lowest BCUT2D eigenvalue weighted by atomic mass is 10.1. The first-order chi connectivity index (χ1) is 15.6. The van der Waals surface area contributed by atoms with E-state index in [1.165, 1.54) is 22.9 Å². The van der Waals surface area contributed by atoms with Gasteiger partial charge in [0.25, 0.3) is 5.56 Å². The first-order valence-electron chi connectivity index (χ1n) is 10.2. The SMILES string of the molecule is Cc1ccc(-n2nc(C)c3c(=O)n(CC(=O)NCc4ccc(C(F)(F)F)cc4)ccc32)cc1. The molecule has 6 nitrogen and oxygen atoms in total. The third-order valence-electron chi connectivity index (χ3n) is 5.35. The van der Waals surface area contributed by atoms with Crippen molar-refractivity contribution in [3.05, 3.63) is 93.5 Å². The molecule has 2 aromatic carbocycles. The third-order valence-corrected chi connectivity index (χ3v) is 5.35. The fourth-order valence-electron chi connectivity index (χ4n) is 3.57. The molecule has 0 aliphatic rings. The number of nitrogens with zero attached hydrogens (tertiary/aromatic N) is 3. The first kappa shape index (κ1) is 22.3. The van der Waals surface area contributed by atoms with E-state index >= 15 is 0 Å². The number of alkyl halides is 3. The van der Waals surface area contributed by atoms with Crippen LogP contribution in [-0.4, -0.2) is 20.3 Å². The van der Waals surface area contributed by atoms with Crippen molar-refractivity contribution in [3.63, 3.8) is 0 Å². The van der Waals surface area contributed by atoms with Crippen LogP contribution < -0.4 is 10.9 Å². The van der Waals surface area contributed by atoms with Gasteiger partial charge in [-0.3, -0.25) is 9.59 Å². The molecular weight excluding hydrogens is 433 g/mol. The van der Waals surface area contributed by atoms with Crippen molar-refractivity contribution in [2.45, 2.75) is 33.1 Å². The molecule has 0 aliphatic carbocycles. The average molecular weight is 454 g/mol. The smallest absolute Gasteiger partial charge is 0.350 e. The molecule has 0 unspecified atom stereocenters. The highest BCUT2D eigenvalue weighted by Crippen LogP contribution is 2.29. The normalized spacial score (nSPS) is 11.7. The van der Waals surface area contributed by atoms with Gasteiger partial charge in [0.2, 0.25) is 5.91 Å². The molecule has 0 saturated carbocycles. The number of hydrogen-bond donors (Lipinski definition) is 1. The fraction of sp³-hybridized carbons (Fsp3) is 0.208. The summed E-state index contributed by atoms with van der Waals surface area (Å²) in [7, 11) is 0. The Morgan fingerprint density at radius 1 is 1.00 bits per heavy atom. The van der Waals surface area contributed by atoms with Crippen LogP contribution in [0.25, 0.3) is 16.6 Å². The first-order valence-corrected chi connectivity index (χ1v) is 10.2. The van der Waals surface area contributed by atoms with E-state index in [1.54, 1.807) is 17.7 Å². The summed E-state index contributed by atoms with van der Waals surface area (Å²) in [6.07, 6.45) is -2.87. The Hall–Kier alpha value is -3.88. The molecule has 1 amide bonds. The number of carbonyl (C=O) groups is 1. The zero-order valence-electron chi connectivity index (χ0n) is 18.0. The van der Waals surface area contributed by atoms with Crippen LogP contribution in [0.5, 0.6) is 0 Å². The summed E-state index contributed by atoms with van der Waals surface area (Å²) in [6, 6.07) is 14.0. The molecule has 33 heavy (non-hydrogen) atoms. The maximum atomic E-state index is 13.0. The lowest BCUT2D eigenvalue weighted by Crippen LogP contribution is -2.31. The van der Waals surface area contributed by atoms with Crippen molar-refractivity contribution < 1.29 is 18.0 Å². The largest absolute Gasteiger partial charge is 0.416 e. The molecule has 9 heteroatoms. The van der Waals surface area contributed by atoms with E-state index in [1.807, 2.05) is 31.2 Å². The summed E-state index contributed by atoms with van der Waals surface area (Å²) in [6.45, 7) is 3.56. The third kappa shape index (κ3) is 4.67. The predicted octanol–water partition coefficient (Wildman–Crippen LogP) is 4.14. The number of hydrogen-bond acceptors (Lipinski definition) is 3. The van der Waals surface area contributed by atoms with Gasteiger partial charge in [0.15, 0.2) is 0 Å². The van der Waals surface area contributed by atoms with Crippen molar-refractivity contribution in [3.8, 4) is 5.69 Å². The number of nitrogens with one attached hydrogen (secondary N) is 1. The van der Waals surface area contributed by atoms with E-state index in [4.69, 9.17) is 0 Å². The molecule has 0 bridgehead atoms. The minimum Gasteiger partial charge on any atom is -0.350 e. The highest BCUT2D eigenvalue weighted by atomic mass is 19.4. The van der Waals surface area contributed by atoms with Crippen molar-refractivity contribution in [2.75, 3.05) is 0 Å². The highest BCUT2D eigenvalue weighted by molar-refractivity contribution is 5.83. The molecule has 0 spiro atoms. The Balaban J connectivity index is 1.50. The van der Waals surface area contributed by atoms with Gasteiger partial charge in [-0.15, -0.1) is 0 Å². The quantitative estimate of drug-likeness (QED) is 0.493. The van der Waals surface area contributed by atoms with E-state index in [0.717, 1.165) is 23.4 Å². The topological polar surface area (TPSA) is 68.9 Å². The maximum absolute atomic E-state index is 13.0. The van der Waals surface area contributed by atoms with Gasteiger partial charge in [0, 0.05) is 12.7 Å². The van der Waals surface area contributed by atoms with Gasteiger partial charge in [-0.25, -0.2) is 4.68 Å². The summed E-state index contributed by atoms with van der Waals surface area (Å²) in [4.78, 5) is 25.4. The van der Waals surface area contributed by atoms with E-state index in [0.29, 0.717) is 22.2 Å². The number of aromatic nitrogens is 3. The number of amides is 1. The van der Waals surface area contributed by atoms with Gasteiger partial charge in [0.05, 0.1) is 27.8 Å². The fourth-order valence-corrected chi connectivity index (χ4v) is 3.57. The van der Waals surface area contributed by atoms with E-state index in [-0.39, 0.29) is 18.6 Å². The Morgan fingerprint density at radius 3 is 2.30 bits per heavy atom. The maximum Gasteiger partial charge on any atom is 0.416 e. The molecule has 0 fully saturated rings. The second kappa shape index (κ2) is 8.57. The number of benzene rings is 2. The highest BCUT2D eigenvalue weighted by Gasteiger charge is 2.29. The van der Waals surface area contributed by atoms with E-state index < -0.39 is 17.6 Å². The van der Waals surface area contributed by atoms with Gasteiger partial charge in [0.1, 0.15) is 6.54 Å². The molecule has 1 N–H and O–H groups in total. The predicted molar refractivity (Wildman–Crippen MR) is 118 cm³/mol. The second-order valence-corrected chi connectivity index (χ2v) is 7.81. The lowest BCUT2D eigenvalue weighted by Gasteiger charge is -2.10. The van der Waals surface area contributed by atoms with Crippen LogP contribution in [0.1, 0.15) is 22.4 Å². The minimum atomic E-state index is -4.41. The van der Waals surface area contributed by atoms with E-state index in [9.17, 15) is 22.8 Å². The monoisotopic (exact) mass is 454 g/mol. The molecule has 170 valence electrons. The Morgan fingerprint density at radius 2 is 1.67 bits per heavy atom. The van der Waals surface area contributed by atoms with Gasteiger partial charge in [-0.2, -0.15) is 18.3 Å². The molecular formula is C24H21F3N4O2. The van der Waals surface area contributed by atoms with Crippen LogP contribution in [0.15, 0.2) is 65.6 Å². The van der Waals surface area contributed by atoms with Crippen LogP contribution in [0, 0.1) is 13.8 Å². The number of fused-ring (bicyclic) bond motifs is 1. The summed E-state index contributed by atoms with van der Waals surface area (Å²) >= 11 is 0. The Kier molecular flexibility index (Phi) is 5.80. The number of halogens is 3. The van der Waals surface area contributed by atoms with E-state index in [2.05, 4.69) is 10.4 Å². The Bertz CT molecular complexity index is 1370. The molecule has 0 atom stereocenters. The summed E-state index contributed by atoms with van der Waals surface area (Å²) in [5.74, 6) is -0.431. The van der Waals surface area contributed by atoms with Gasteiger partial charge >= 0.3 is 6.18 Å². The van der Waals surface area contributed by atoms with Crippen molar-refractivity contribution in [1.29, 1.82) is 0 Å². The Labute approximate surface area is 187 Å². The van der Waals surface area contributed by atoms with Gasteiger partial charge in [-0.1, -0.05) is 29.8 Å². The second-order valence-electron chi connectivity index (χ2n) is 7.81. The lowest BCUT2D eigenvalue weighted by molar-refractivity contribution is -0.137. The molecule has 2 heterocycles. The van der Waals surface area contributed by atoms with Gasteiger partial charge in [-0.05, 0) is 49.7 Å². The molecule has 0 saturated heterocycles. The van der Waals surface area contributed by atoms with Crippen LogP contribution >= 0.6 is 0 Å². The zero-order chi connectivity index (χ0) is 23.8. The van der Waals surface area contributed by atoms with Crippen molar-refractivity contribution >= 4 is 16.8 Å². The number of carbonyl (C=O) groups excluding carboxylic acids is 1. The average Bonchev–Trinajstić information content (AvgIpc) is 3.11. The molecule has 4 aromatic rings. The molecule has 0 aliphatic heterocycles. The minimum absolute atomic E-state index is 0.0539. The van der Waals surface area contributed by atoms with Crippen LogP contribution in [0.4, 0.5) is 13.2 Å². The number of aryl methyl sites for hydroxylation is 2. The zero-order valence-corrected chi connectivity index (χ0v) is 18.0. The van der Waals surface area contributed by atoms with Gasteiger partial charge < -0.3 is 9.88 Å². The number of pyridine rings is 1. The summed E-state index contributed by atoms with van der Waals surface area (Å²) < 4.78 is 41.0. The van der Waals surface area contributed by atoms with Crippen LogP contribution in [0.2, 0.25) is 0 Å². The van der Waals surface area contributed by atoms with Crippen LogP contribution in [0.3, 0.4) is 0 Å². The summed E-state index contributed by atoms with van der Waals surface area (Å²) in [5.41, 5.74) is 2.56. The standard InChI is InChI=1S/C24H21F3N4O2/c1-15-3-9-19(10-4-15)31-20-11-12-30(23(33)22(20)16(2)29-31)14-21(32)28-13-17-5-7-18(8-6-17)24(25,26)27/h3-12H,13-14H2,1-2H3,(H,28,32). The van der Waals surface area contributed by atoms with Crippen molar-refractivity contribution in [2.24, 2.45) is 0 Å². The molecule has 4 rings (SSSR count). The number of rotatable bonds is 5. The molecule has 0 radical (unpaired) electrons. The van der Waals surface area contributed by atoms with Crippen molar-refractivity contribution in [1.82, 2.24) is 19.7 Å².